The molecule has 92 valence electrons. The molecular weight excluding hydrogens is 212 g/mol. The lowest BCUT2D eigenvalue weighted by atomic mass is 10.0. The topological polar surface area (TPSA) is 26.3 Å². The summed E-state index contributed by atoms with van der Waals surface area (Å²) in [4.78, 5) is 11.6. The van der Waals surface area contributed by atoms with Crippen LogP contribution in [-0.2, 0) is 11.2 Å². The minimum Gasteiger partial charge on any atom is -0.497 e. The highest BCUT2D eigenvalue weighted by atomic mass is 16.5. The van der Waals surface area contributed by atoms with Gasteiger partial charge in [0.15, 0.2) is 0 Å². The van der Waals surface area contributed by atoms with Crippen LogP contribution >= 0.6 is 0 Å². The second-order valence-electron chi connectivity index (χ2n) is 4.07. The lowest BCUT2D eigenvalue weighted by Gasteiger charge is -2.03. The van der Waals surface area contributed by atoms with Crippen LogP contribution in [0.1, 0.15) is 31.2 Å². The van der Waals surface area contributed by atoms with Gasteiger partial charge in [-0.05, 0) is 37.0 Å². The highest BCUT2D eigenvalue weighted by Gasteiger charge is 2.02. The van der Waals surface area contributed by atoms with Crippen molar-refractivity contribution in [1.29, 1.82) is 0 Å². The highest BCUT2D eigenvalue weighted by Crippen LogP contribution is 2.13. The molecule has 0 radical (unpaired) electrons. The number of allylic oxidation sites excluding steroid dienone is 1. The van der Waals surface area contributed by atoms with Gasteiger partial charge in [0.2, 0.25) is 0 Å². The molecule has 0 unspecified atom stereocenters. The van der Waals surface area contributed by atoms with Crippen LogP contribution in [0.5, 0.6) is 5.75 Å². The summed E-state index contributed by atoms with van der Waals surface area (Å²) < 4.78 is 5.08. The van der Waals surface area contributed by atoms with Crippen LogP contribution in [0.3, 0.4) is 0 Å². The van der Waals surface area contributed by atoms with Gasteiger partial charge in [-0.2, -0.15) is 0 Å². The van der Waals surface area contributed by atoms with E-state index in [1.54, 1.807) is 7.11 Å². The Bertz CT molecular complexity index is 352. The van der Waals surface area contributed by atoms with Crippen molar-refractivity contribution in [3.8, 4) is 5.75 Å². The maximum atomic E-state index is 11.6. The number of aryl methyl sites for hydroxylation is 1. The third-order valence-electron chi connectivity index (χ3n) is 2.72. The van der Waals surface area contributed by atoms with Gasteiger partial charge in [0.1, 0.15) is 11.5 Å². The molecule has 1 aromatic rings. The predicted octanol–water partition coefficient (Wildman–Crippen LogP) is 3.55. The van der Waals surface area contributed by atoms with Gasteiger partial charge in [0.25, 0.3) is 0 Å². The summed E-state index contributed by atoms with van der Waals surface area (Å²) >= 11 is 0. The van der Waals surface area contributed by atoms with Crippen molar-refractivity contribution in [1.82, 2.24) is 0 Å². The van der Waals surface area contributed by atoms with E-state index < -0.39 is 0 Å². The first-order valence-electron chi connectivity index (χ1n) is 6.02. The smallest absolute Gasteiger partial charge is 0.133 e. The van der Waals surface area contributed by atoms with Crippen LogP contribution in [0.15, 0.2) is 36.9 Å². The van der Waals surface area contributed by atoms with Crippen LogP contribution in [0.4, 0.5) is 0 Å². The summed E-state index contributed by atoms with van der Waals surface area (Å²) in [5, 5.41) is 0. The Morgan fingerprint density at radius 2 is 2.00 bits per heavy atom. The number of carbonyl (C=O) groups is 1. The summed E-state index contributed by atoms with van der Waals surface area (Å²) in [5.74, 6) is 1.19. The fourth-order valence-corrected chi connectivity index (χ4v) is 1.64. The normalized spacial score (nSPS) is 9.94. The van der Waals surface area contributed by atoms with Gasteiger partial charge in [-0.15, -0.1) is 6.58 Å². The molecule has 0 aliphatic carbocycles. The molecule has 2 nitrogen and oxygen atoms in total. The monoisotopic (exact) mass is 232 g/mol. The van der Waals surface area contributed by atoms with Crippen molar-refractivity contribution in [2.75, 3.05) is 7.11 Å². The fraction of sp³-hybridized carbons (Fsp3) is 0.400. The van der Waals surface area contributed by atoms with Crippen molar-refractivity contribution < 1.29 is 9.53 Å². The Kier molecular flexibility index (Phi) is 6.08. The second kappa shape index (κ2) is 7.66. The van der Waals surface area contributed by atoms with Gasteiger partial charge in [0.05, 0.1) is 7.11 Å². The Hall–Kier alpha value is -1.57. The van der Waals surface area contributed by atoms with E-state index in [1.165, 1.54) is 5.56 Å². The van der Waals surface area contributed by atoms with Crippen LogP contribution < -0.4 is 4.74 Å². The van der Waals surface area contributed by atoms with Crippen molar-refractivity contribution >= 4 is 5.78 Å². The maximum absolute atomic E-state index is 11.6. The molecule has 0 spiro atoms. The van der Waals surface area contributed by atoms with Crippen molar-refractivity contribution in [3.63, 3.8) is 0 Å². The van der Waals surface area contributed by atoms with Gasteiger partial charge in [-0.3, -0.25) is 4.79 Å². The van der Waals surface area contributed by atoms with Gasteiger partial charge in [-0.25, -0.2) is 0 Å². The molecule has 1 aromatic carbocycles. The first-order chi connectivity index (χ1) is 8.26. The Balaban J connectivity index is 2.29. The zero-order valence-electron chi connectivity index (χ0n) is 10.4. The van der Waals surface area contributed by atoms with E-state index in [2.05, 4.69) is 6.58 Å². The van der Waals surface area contributed by atoms with Gasteiger partial charge in [0, 0.05) is 12.8 Å². The maximum Gasteiger partial charge on any atom is 0.133 e. The summed E-state index contributed by atoms with van der Waals surface area (Å²) in [6.45, 7) is 3.64. The number of hydrogen-bond donors (Lipinski definition) is 0. The van der Waals surface area contributed by atoms with E-state index in [0.29, 0.717) is 18.6 Å². The van der Waals surface area contributed by atoms with E-state index >= 15 is 0 Å². The largest absolute Gasteiger partial charge is 0.497 e. The number of unbranched alkanes of at least 4 members (excludes halogenated alkanes) is 1. The number of ether oxygens (including phenoxy) is 1. The molecular formula is C15H20O2. The zero-order chi connectivity index (χ0) is 12.5. The molecule has 1 rings (SSSR count). The number of benzene rings is 1. The van der Waals surface area contributed by atoms with E-state index in [4.69, 9.17) is 4.74 Å². The molecule has 0 aliphatic rings. The van der Waals surface area contributed by atoms with E-state index in [9.17, 15) is 4.79 Å². The zero-order valence-corrected chi connectivity index (χ0v) is 10.4. The van der Waals surface area contributed by atoms with E-state index in [1.807, 2.05) is 30.3 Å². The highest BCUT2D eigenvalue weighted by molar-refractivity contribution is 5.78. The minimum absolute atomic E-state index is 0.336. The molecule has 0 N–H and O–H groups in total. The summed E-state index contributed by atoms with van der Waals surface area (Å²) in [7, 11) is 1.65. The molecule has 0 heterocycles. The predicted molar refractivity (Wildman–Crippen MR) is 70.4 cm³/mol. The van der Waals surface area contributed by atoms with Crippen LogP contribution in [0.2, 0.25) is 0 Å². The van der Waals surface area contributed by atoms with Gasteiger partial charge < -0.3 is 4.74 Å². The molecule has 2 heteroatoms. The number of carbonyl (C=O) groups excluding carboxylic acids is 1. The molecule has 0 atom stereocenters. The van der Waals surface area contributed by atoms with Crippen molar-refractivity contribution in [2.24, 2.45) is 0 Å². The summed E-state index contributed by atoms with van der Waals surface area (Å²) in [6.07, 6.45) is 5.82. The molecule has 0 bridgehead atoms. The quantitative estimate of drug-likeness (QED) is 0.506. The lowest BCUT2D eigenvalue weighted by Crippen LogP contribution is -1.99. The first-order valence-corrected chi connectivity index (χ1v) is 6.02. The molecule has 0 amide bonds. The minimum atomic E-state index is 0.336. The third kappa shape index (κ3) is 5.34. The molecule has 0 aromatic heterocycles. The van der Waals surface area contributed by atoms with Crippen LogP contribution in [0.25, 0.3) is 0 Å². The van der Waals surface area contributed by atoms with Crippen molar-refractivity contribution in [3.05, 3.63) is 42.5 Å². The number of Topliss-reactive ketones (excluding diaryl/α,β-unsaturated/α-hetero) is 1. The summed E-state index contributed by atoms with van der Waals surface area (Å²) in [5.41, 5.74) is 1.18. The SMILES string of the molecule is C=CCCCC(=O)CCc1ccc(OC)cc1. The molecule has 0 saturated carbocycles. The number of ketones is 1. The molecule has 0 fully saturated rings. The van der Waals surface area contributed by atoms with E-state index in [-0.39, 0.29) is 0 Å². The van der Waals surface area contributed by atoms with E-state index in [0.717, 1.165) is 25.0 Å². The Labute approximate surface area is 103 Å². The van der Waals surface area contributed by atoms with Gasteiger partial charge in [-0.1, -0.05) is 18.2 Å². The number of hydrogen-bond acceptors (Lipinski definition) is 2. The lowest BCUT2D eigenvalue weighted by molar-refractivity contribution is -0.119. The molecule has 0 saturated heterocycles. The fourth-order valence-electron chi connectivity index (χ4n) is 1.64. The molecule has 0 aliphatic heterocycles. The second-order valence-corrected chi connectivity index (χ2v) is 4.07. The van der Waals surface area contributed by atoms with Crippen LogP contribution in [-0.4, -0.2) is 12.9 Å². The molecule has 17 heavy (non-hydrogen) atoms. The number of methoxy groups -OCH3 is 1. The average Bonchev–Trinajstić information content (AvgIpc) is 2.37. The number of rotatable bonds is 8. The van der Waals surface area contributed by atoms with Crippen LogP contribution in [0, 0.1) is 0 Å². The third-order valence-corrected chi connectivity index (χ3v) is 2.72. The standard InChI is InChI=1S/C15H20O2/c1-3-4-5-6-14(16)10-7-13-8-11-15(17-2)12-9-13/h3,8-9,11-12H,1,4-7,10H2,2H3. The summed E-state index contributed by atoms with van der Waals surface area (Å²) in [6, 6.07) is 7.88. The first kappa shape index (κ1) is 13.5. The Morgan fingerprint density at radius 3 is 2.59 bits per heavy atom. The van der Waals surface area contributed by atoms with Gasteiger partial charge >= 0.3 is 0 Å². The average molecular weight is 232 g/mol. The Morgan fingerprint density at radius 1 is 1.29 bits per heavy atom. The van der Waals surface area contributed by atoms with Crippen molar-refractivity contribution in [2.45, 2.75) is 32.1 Å².